The van der Waals surface area contributed by atoms with Gasteiger partial charge in [-0.15, -0.1) is 0 Å². The average molecular weight is 856 g/mol. The number of aryl methyl sites for hydroxylation is 2. The number of fused-ring (bicyclic) bond motifs is 6. The van der Waals surface area contributed by atoms with E-state index in [0.29, 0.717) is 74.8 Å². The van der Waals surface area contributed by atoms with Crippen LogP contribution in [0, 0.1) is 13.8 Å². The Bertz CT molecular complexity index is 3000. The number of para-hydroxylation sites is 4. The third-order valence-corrected chi connectivity index (χ3v) is 11.8. The lowest BCUT2D eigenvalue weighted by atomic mass is 9.99. The second-order valence-corrected chi connectivity index (χ2v) is 16.3. The number of phenolic OH excluding ortho intramolecular Hbond substituents is 2. The maximum absolute atomic E-state index is 12.1. The highest BCUT2D eigenvalue weighted by Crippen LogP contribution is 2.46. The van der Waals surface area contributed by atoms with E-state index in [9.17, 15) is 10.2 Å². The Morgan fingerprint density at radius 3 is 1.13 bits per heavy atom. The molecule has 62 heavy (non-hydrogen) atoms. The average Bonchev–Trinajstić information content (AvgIpc) is 3.79. The van der Waals surface area contributed by atoms with Crippen LogP contribution in [0.2, 0.25) is 10.0 Å². The Kier molecular flexibility index (Phi) is 10.8. The molecule has 0 saturated heterocycles. The first kappa shape index (κ1) is 40.5. The Hall–Kier alpha value is -6.86. The van der Waals surface area contributed by atoms with Gasteiger partial charge in [0, 0.05) is 60.3 Å². The molecule has 0 aliphatic carbocycles. The van der Waals surface area contributed by atoms with Crippen LogP contribution in [-0.2, 0) is 0 Å². The normalized spacial score (nSPS) is 11.4. The molecule has 0 unspecified atom stereocenters. The van der Waals surface area contributed by atoms with E-state index in [2.05, 4.69) is 57.7 Å². The summed E-state index contributed by atoms with van der Waals surface area (Å²) in [6, 6.07) is 51.8. The summed E-state index contributed by atoms with van der Waals surface area (Å²) in [6.45, 7) is 4.71. The Morgan fingerprint density at radius 2 is 0.774 bits per heavy atom. The van der Waals surface area contributed by atoms with Crippen molar-refractivity contribution in [2.75, 3.05) is 13.2 Å². The van der Waals surface area contributed by atoms with Gasteiger partial charge in [0.1, 0.15) is 23.0 Å². The van der Waals surface area contributed by atoms with Gasteiger partial charge < -0.3 is 28.8 Å². The minimum absolute atomic E-state index is 0. The molecule has 0 spiro atoms. The number of hydrogen-bond donors (Lipinski definition) is 2. The molecular formula is C54H44Cl2N2O4. The molecule has 0 saturated carbocycles. The quantitative estimate of drug-likeness (QED) is 0.134. The minimum Gasteiger partial charge on any atom is -0.505 e. The van der Waals surface area contributed by atoms with E-state index in [-0.39, 0.29) is 18.9 Å². The zero-order valence-electron chi connectivity index (χ0n) is 33.5. The van der Waals surface area contributed by atoms with Crippen LogP contribution in [-0.4, -0.2) is 32.6 Å². The van der Waals surface area contributed by atoms with Gasteiger partial charge in [-0.25, -0.2) is 0 Å². The van der Waals surface area contributed by atoms with Crippen molar-refractivity contribution < 1.29 is 19.7 Å². The summed E-state index contributed by atoms with van der Waals surface area (Å²) in [7, 11) is 0. The van der Waals surface area contributed by atoms with E-state index >= 15 is 0 Å². The fraction of sp³-hybridized carbons (Fsp3) is 0.111. The van der Waals surface area contributed by atoms with Crippen LogP contribution in [0.5, 0.6) is 23.0 Å². The highest BCUT2D eigenvalue weighted by molar-refractivity contribution is 6.31. The number of nitrogens with zero attached hydrogens (tertiary/aromatic N) is 2. The zero-order chi connectivity index (χ0) is 41.8. The Balaban J connectivity index is 0.00000490. The van der Waals surface area contributed by atoms with Crippen LogP contribution in [0.15, 0.2) is 158 Å². The predicted molar refractivity (Wildman–Crippen MR) is 258 cm³/mol. The molecule has 0 aliphatic rings. The Morgan fingerprint density at radius 1 is 0.435 bits per heavy atom. The number of rotatable bonds is 10. The number of phenols is 2. The number of benzene rings is 8. The van der Waals surface area contributed by atoms with E-state index in [1.54, 1.807) is 12.1 Å². The van der Waals surface area contributed by atoms with Crippen molar-refractivity contribution in [3.63, 3.8) is 0 Å². The van der Waals surface area contributed by atoms with Gasteiger partial charge in [-0.2, -0.15) is 0 Å². The van der Waals surface area contributed by atoms with Crippen LogP contribution in [0.3, 0.4) is 0 Å². The molecule has 0 atom stereocenters. The van der Waals surface area contributed by atoms with Crippen molar-refractivity contribution in [2.45, 2.75) is 27.7 Å². The van der Waals surface area contributed by atoms with E-state index in [4.69, 9.17) is 32.7 Å². The van der Waals surface area contributed by atoms with E-state index in [1.165, 1.54) is 0 Å². The van der Waals surface area contributed by atoms with Crippen LogP contribution in [0.4, 0.5) is 0 Å². The van der Waals surface area contributed by atoms with E-state index in [1.807, 2.05) is 111 Å². The number of hydrogen-bond acceptors (Lipinski definition) is 4. The molecule has 0 radical (unpaired) electrons. The maximum Gasteiger partial charge on any atom is 0.147 e. The molecule has 0 aliphatic heterocycles. The van der Waals surface area contributed by atoms with Gasteiger partial charge in [0.05, 0.1) is 46.7 Å². The molecule has 0 fully saturated rings. The van der Waals surface area contributed by atoms with Gasteiger partial charge in [-0.1, -0.05) is 103 Å². The molecule has 0 bridgehead atoms. The molecule has 2 N–H and O–H groups in total. The van der Waals surface area contributed by atoms with Crippen molar-refractivity contribution in [3.8, 4) is 56.6 Å². The fourth-order valence-corrected chi connectivity index (χ4v) is 9.08. The fourth-order valence-electron chi connectivity index (χ4n) is 8.74. The monoisotopic (exact) mass is 854 g/mol. The van der Waals surface area contributed by atoms with Crippen molar-refractivity contribution >= 4 is 66.8 Å². The van der Waals surface area contributed by atoms with Crippen molar-refractivity contribution in [1.82, 2.24) is 9.13 Å². The summed E-state index contributed by atoms with van der Waals surface area (Å²) >= 11 is 13.2. The molecule has 2 aromatic heterocycles. The lowest BCUT2D eigenvalue weighted by Crippen LogP contribution is -2.06. The van der Waals surface area contributed by atoms with Gasteiger partial charge in [-0.3, -0.25) is 0 Å². The van der Waals surface area contributed by atoms with Crippen LogP contribution in [0.1, 0.15) is 25.0 Å². The summed E-state index contributed by atoms with van der Waals surface area (Å²) in [5, 5.41) is 29.7. The van der Waals surface area contributed by atoms with Crippen LogP contribution in [0.25, 0.3) is 77.2 Å². The molecule has 6 nitrogen and oxygen atoms in total. The molecule has 308 valence electrons. The summed E-state index contributed by atoms with van der Waals surface area (Å²) in [6.07, 6.45) is 0.545. The smallest absolute Gasteiger partial charge is 0.147 e. The van der Waals surface area contributed by atoms with E-state index < -0.39 is 0 Å². The Labute approximate surface area is 370 Å². The molecule has 8 heteroatoms. The molecule has 0 amide bonds. The van der Waals surface area contributed by atoms with Crippen molar-refractivity contribution in [3.05, 3.63) is 179 Å². The topological polar surface area (TPSA) is 68.8 Å². The first-order chi connectivity index (χ1) is 29.7. The first-order valence-electron chi connectivity index (χ1n) is 20.2. The number of aromatic nitrogens is 2. The first-order valence-corrected chi connectivity index (χ1v) is 21.0. The minimum atomic E-state index is 0. The zero-order valence-corrected chi connectivity index (χ0v) is 35.0. The summed E-state index contributed by atoms with van der Waals surface area (Å²) in [4.78, 5) is 0. The van der Waals surface area contributed by atoms with Crippen LogP contribution >= 0.6 is 23.2 Å². The molecule has 2 heterocycles. The highest BCUT2D eigenvalue weighted by atomic mass is 35.5. The van der Waals surface area contributed by atoms with Gasteiger partial charge in [0.2, 0.25) is 0 Å². The standard InChI is InChI=1S/C53H40Cl2N2O4.CH4/c1-32-26-42(52(58)48(28-32)56-44-16-7-3-12-36(44)37-13-4-8-17-45(37)56)40-30-34(54)20-22-50(40)60-24-11-25-61-51-23-21-35(55)31-41(51)43-27-33(2)29-49(53(43)59)57-46-18-9-5-14-38(46)39-15-6-10-19-47(39)57;/h3-10,12-23,26-31,58-59H,11,24-25H2,1-2H3;1H4. The van der Waals surface area contributed by atoms with Crippen molar-refractivity contribution in [1.29, 1.82) is 0 Å². The van der Waals surface area contributed by atoms with Crippen LogP contribution < -0.4 is 9.47 Å². The third-order valence-electron chi connectivity index (χ3n) is 11.4. The second kappa shape index (κ2) is 16.5. The van der Waals surface area contributed by atoms with Gasteiger partial charge >= 0.3 is 0 Å². The van der Waals surface area contributed by atoms with Crippen molar-refractivity contribution in [2.24, 2.45) is 0 Å². The predicted octanol–water partition coefficient (Wildman–Crippen LogP) is 15.0. The maximum atomic E-state index is 12.1. The lowest BCUT2D eigenvalue weighted by molar-refractivity contribution is 0.248. The van der Waals surface area contributed by atoms with Gasteiger partial charge in [0.15, 0.2) is 0 Å². The summed E-state index contributed by atoms with van der Waals surface area (Å²) in [5.74, 6) is 1.44. The van der Waals surface area contributed by atoms with Gasteiger partial charge in [-0.05, 0) is 110 Å². The van der Waals surface area contributed by atoms with E-state index in [0.717, 1.165) is 54.7 Å². The van der Waals surface area contributed by atoms with Gasteiger partial charge in [0.25, 0.3) is 0 Å². The second-order valence-electron chi connectivity index (χ2n) is 15.4. The number of halogens is 2. The summed E-state index contributed by atoms with van der Waals surface area (Å²) < 4.78 is 17.1. The summed E-state index contributed by atoms with van der Waals surface area (Å²) in [5.41, 5.74) is 9.92. The molecule has 10 aromatic rings. The highest BCUT2D eigenvalue weighted by Gasteiger charge is 2.22. The third kappa shape index (κ3) is 7.05. The molecule has 8 aromatic carbocycles. The lowest BCUT2D eigenvalue weighted by Gasteiger charge is -2.18. The molecule has 10 rings (SSSR count). The SMILES string of the molecule is C.Cc1cc(-c2cc(Cl)ccc2OCCCOc2ccc(Cl)cc2-c2cc(C)cc(-n3c4ccccc4c4ccccc43)c2O)c(O)c(-n2c3ccccc3c3ccccc32)c1. The molecular weight excluding hydrogens is 812 g/mol. The largest absolute Gasteiger partial charge is 0.505 e. The number of aromatic hydroxyl groups is 2. The number of ether oxygens (including phenoxy) is 2.